The van der Waals surface area contributed by atoms with E-state index in [1.807, 2.05) is 58.0 Å². The zero-order valence-electron chi connectivity index (χ0n) is 22.8. The van der Waals surface area contributed by atoms with Crippen LogP contribution in [0.3, 0.4) is 0 Å². The summed E-state index contributed by atoms with van der Waals surface area (Å²) in [6.07, 6.45) is 1.11. The minimum absolute atomic E-state index is 0.0469. The van der Waals surface area contributed by atoms with E-state index in [0.29, 0.717) is 11.4 Å². The molecule has 0 radical (unpaired) electrons. The van der Waals surface area contributed by atoms with Gasteiger partial charge in [-0.3, -0.25) is 13.9 Å². The molecule has 3 rings (SSSR count). The quantitative estimate of drug-likeness (QED) is 0.309. The Morgan fingerprint density at radius 2 is 1.54 bits per heavy atom. The number of nitrogens with one attached hydrogen (secondary N) is 1. The van der Waals surface area contributed by atoms with Gasteiger partial charge in [0.2, 0.25) is 11.8 Å². The first-order chi connectivity index (χ1) is 18.6. The van der Waals surface area contributed by atoms with E-state index >= 15 is 0 Å². The van der Waals surface area contributed by atoms with Crippen LogP contribution in [0, 0.1) is 6.92 Å². The number of aryl methyl sites for hydroxylation is 1. The molecule has 0 aromatic heterocycles. The van der Waals surface area contributed by atoms with E-state index in [2.05, 4.69) is 5.32 Å². The molecule has 3 aromatic rings. The molecule has 0 aliphatic rings. The molecular weight excluding hydrogens is 534 g/mol. The van der Waals surface area contributed by atoms with Crippen molar-refractivity contribution in [1.82, 2.24) is 10.2 Å². The number of sulfonamides is 1. The molecule has 2 atom stereocenters. The van der Waals surface area contributed by atoms with E-state index in [4.69, 9.17) is 11.6 Å². The fourth-order valence-electron chi connectivity index (χ4n) is 4.13. The number of nitrogens with zero attached hydrogens (tertiary/aromatic N) is 2. The van der Waals surface area contributed by atoms with Crippen LogP contribution in [0.1, 0.15) is 44.7 Å². The number of carbonyl (C=O) groups excluding carboxylic acids is 2. The molecule has 208 valence electrons. The number of hydrogen-bond acceptors (Lipinski definition) is 4. The molecule has 1 N–H and O–H groups in total. The summed E-state index contributed by atoms with van der Waals surface area (Å²) in [5, 5.41) is 3.36. The Bertz CT molecular complexity index is 1370. The standard InChI is InChI=1S/C30H36ClN3O4S/c1-5-23(4)32-30(36)28(6-2)33(20-24-13-9-7-10-14-24)29(35)21-34(25-18-17-22(3)27(31)19-25)39(37,38)26-15-11-8-12-16-26/h7-19,23,28H,5-6,20-21H2,1-4H3,(H,32,36)/t23-,28-/m0/s1. The Hall–Kier alpha value is -3.36. The Kier molecular flexibility index (Phi) is 10.5. The van der Waals surface area contributed by atoms with Crippen molar-refractivity contribution in [1.29, 1.82) is 0 Å². The second kappa shape index (κ2) is 13.6. The smallest absolute Gasteiger partial charge is 0.264 e. The zero-order chi connectivity index (χ0) is 28.6. The molecule has 7 nitrogen and oxygen atoms in total. The van der Waals surface area contributed by atoms with Gasteiger partial charge in [-0.2, -0.15) is 0 Å². The van der Waals surface area contributed by atoms with E-state index in [-0.39, 0.29) is 29.1 Å². The number of benzene rings is 3. The molecule has 0 spiro atoms. The van der Waals surface area contributed by atoms with E-state index in [1.54, 1.807) is 36.4 Å². The highest BCUT2D eigenvalue weighted by atomic mass is 35.5. The summed E-state index contributed by atoms with van der Waals surface area (Å²) in [7, 11) is -4.13. The van der Waals surface area contributed by atoms with Crippen molar-refractivity contribution in [2.75, 3.05) is 10.8 Å². The zero-order valence-corrected chi connectivity index (χ0v) is 24.4. The van der Waals surface area contributed by atoms with Crippen molar-refractivity contribution in [3.05, 3.63) is 95.0 Å². The first kappa shape index (κ1) is 30.2. The van der Waals surface area contributed by atoms with Crippen molar-refractivity contribution >= 4 is 39.1 Å². The lowest BCUT2D eigenvalue weighted by molar-refractivity contribution is -0.140. The Morgan fingerprint density at radius 1 is 0.923 bits per heavy atom. The first-order valence-electron chi connectivity index (χ1n) is 13.1. The molecule has 0 heterocycles. The van der Waals surface area contributed by atoms with E-state index in [0.717, 1.165) is 21.9 Å². The topological polar surface area (TPSA) is 86.8 Å². The number of rotatable bonds is 12. The lowest BCUT2D eigenvalue weighted by Crippen LogP contribution is -2.53. The van der Waals surface area contributed by atoms with Gasteiger partial charge in [-0.05, 0) is 62.1 Å². The Morgan fingerprint density at radius 3 is 2.10 bits per heavy atom. The summed E-state index contributed by atoms with van der Waals surface area (Å²) in [5.74, 6) is -0.770. The molecule has 39 heavy (non-hydrogen) atoms. The SMILES string of the molecule is CC[C@H](C)NC(=O)[C@H](CC)N(Cc1ccccc1)C(=O)CN(c1ccc(C)c(Cl)c1)S(=O)(=O)c1ccccc1. The van der Waals surface area contributed by atoms with Gasteiger partial charge >= 0.3 is 0 Å². The summed E-state index contributed by atoms with van der Waals surface area (Å²) in [6, 6.07) is 21.3. The predicted octanol–water partition coefficient (Wildman–Crippen LogP) is 5.57. The van der Waals surface area contributed by atoms with Gasteiger partial charge in [0.15, 0.2) is 0 Å². The van der Waals surface area contributed by atoms with Gasteiger partial charge in [-0.25, -0.2) is 8.42 Å². The molecule has 2 amide bonds. The van der Waals surface area contributed by atoms with Gasteiger partial charge in [0, 0.05) is 17.6 Å². The molecule has 3 aromatic carbocycles. The van der Waals surface area contributed by atoms with Gasteiger partial charge in [0.05, 0.1) is 10.6 Å². The molecule has 0 unspecified atom stereocenters. The number of halogens is 1. The summed E-state index contributed by atoms with van der Waals surface area (Å²) >= 11 is 6.37. The second-order valence-corrected chi connectivity index (χ2v) is 11.8. The molecular formula is C30H36ClN3O4S. The van der Waals surface area contributed by atoms with Gasteiger partial charge < -0.3 is 10.2 Å². The lowest BCUT2D eigenvalue weighted by atomic mass is 10.1. The van der Waals surface area contributed by atoms with Crippen LogP contribution in [0.2, 0.25) is 5.02 Å². The number of anilines is 1. The van der Waals surface area contributed by atoms with Crippen LogP contribution in [-0.2, 0) is 26.2 Å². The molecule has 0 aliphatic heterocycles. The van der Waals surface area contributed by atoms with Crippen LogP contribution in [0.25, 0.3) is 0 Å². The van der Waals surface area contributed by atoms with Crippen LogP contribution in [0.15, 0.2) is 83.8 Å². The van der Waals surface area contributed by atoms with E-state index in [1.165, 1.54) is 17.0 Å². The highest BCUT2D eigenvalue weighted by Crippen LogP contribution is 2.28. The fraction of sp³-hybridized carbons (Fsp3) is 0.333. The molecule has 0 bridgehead atoms. The molecule has 9 heteroatoms. The van der Waals surface area contributed by atoms with Gasteiger partial charge in [-0.1, -0.05) is 80.0 Å². The second-order valence-electron chi connectivity index (χ2n) is 9.51. The van der Waals surface area contributed by atoms with E-state index < -0.39 is 28.5 Å². The van der Waals surface area contributed by atoms with Crippen LogP contribution >= 0.6 is 11.6 Å². The normalized spacial score (nSPS) is 12.8. The van der Waals surface area contributed by atoms with Crippen LogP contribution in [0.4, 0.5) is 5.69 Å². The third-order valence-electron chi connectivity index (χ3n) is 6.64. The largest absolute Gasteiger partial charge is 0.352 e. The van der Waals surface area contributed by atoms with Crippen molar-refractivity contribution in [3.63, 3.8) is 0 Å². The van der Waals surface area contributed by atoms with Crippen LogP contribution in [0.5, 0.6) is 0 Å². The van der Waals surface area contributed by atoms with Gasteiger partial charge in [0.1, 0.15) is 12.6 Å². The average molecular weight is 570 g/mol. The van der Waals surface area contributed by atoms with E-state index in [9.17, 15) is 18.0 Å². The molecule has 0 fully saturated rings. The van der Waals surface area contributed by atoms with Crippen LogP contribution in [-0.4, -0.2) is 43.8 Å². The van der Waals surface area contributed by atoms with Gasteiger partial charge in [-0.15, -0.1) is 0 Å². The number of hydrogen-bond donors (Lipinski definition) is 1. The number of amides is 2. The van der Waals surface area contributed by atoms with Crippen molar-refractivity contribution in [3.8, 4) is 0 Å². The maximum absolute atomic E-state index is 14.0. The summed E-state index contributed by atoms with van der Waals surface area (Å²) in [5.41, 5.74) is 1.87. The third-order valence-corrected chi connectivity index (χ3v) is 8.83. The number of carbonyl (C=O) groups is 2. The van der Waals surface area contributed by atoms with Crippen molar-refractivity contribution < 1.29 is 18.0 Å². The van der Waals surface area contributed by atoms with Gasteiger partial charge in [0.25, 0.3) is 10.0 Å². The summed E-state index contributed by atoms with van der Waals surface area (Å²) in [6.45, 7) is 7.18. The summed E-state index contributed by atoms with van der Waals surface area (Å²) in [4.78, 5) is 28.8. The highest BCUT2D eigenvalue weighted by Gasteiger charge is 2.34. The van der Waals surface area contributed by atoms with Crippen molar-refractivity contribution in [2.24, 2.45) is 0 Å². The minimum atomic E-state index is -4.13. The Labute approximate surface area is 236 Å². The molecule has 0 saturated heterocycles. The maximum atomic E-state index is 14.0. The Balaban J connectivity index is 2.06. The molecule has 0 aliphatic carbocycles. The van der Waals surface area contributed by atoms with Crippen molar-refractivity contribution in [2.45, 2.75) is 64.1 Å². The fourth-order valence-corrected chi connectivity index (χ4v) is 5.73. The minimum Gasteiger partial charge on any atom is -0.352 e. The highest BCUT2D eigenvalue weighted by molar-refractivity contribution is 7.92. The maximum Gasteiger partial charge on any atom is 0.264 e. The molecule has 0 saturated carbocycles. The third kappa shape index (κ3) is 7.61. The van der Waals surface area contributed by atoms with Crippen LogP contribution < -0.4 is 9.62 Å². The average Bonchev–Trinajstić information content (AvgIpc) is 2.93. The monoisotopic (exact) mass is 569 g/mol. The first-order valence-corrected chi connectivity index (χ1v) is 14.9. The lowest BCUT2D eigenvalue weighted by Gasteiger charge is -2.33. The summed E-state index contributed by atoms with van der Waals surface area (Å²) < 4.78 is 28.7. The predicted molar refractivity (Wildman–Crippen MR) is 156 cm³/mol.